The number of anilines is 1. The molecule has 0 unspecified atom stereocenters. The van der Waals surface area contributed by atoms with Crippen LogP contribution in [0.25, 0.3) is 0 Å². The molecule has 372 valence electrons. The van der Waals surface area contributed by atoms with E-state index in [0.29, 0.717) is 32.0 Å². The van der Waals surface area contributed by atoms with Crippen molar-refractivity contribution in [2.75, 3.05) is 53.4 Å². The van der Waals surface area contributed by atoms with Crippen molar-refractivity contribution in [2.24, 2.45) is 23.7 Å². The zero-order valence-corrected chi connectivity index (χ0v) is 43.8. The quantitative estimate of drug-likeness (QED) is 0.0833. The molecule has 67 heavy (non-hydrogen) atoms. The first kappa shape index (κ1) is 55.2. The lowest BCUT2D eigenvalue weighted by molar-refractivity contribution is -0.148. The van der Waals surface area contributed by atoms with Gasteiger partial charge in [0.15, 0.2) is 0 Å². The Morgan fingerprint density at radius 1 is 0.851 bits per heavy atom. The molecule has 0 radical (unpaired) electrons. The fourth-order valence-corrected chi connectivity index (χ4v) is 10.4. The number of thiazole rings is 1. The maximum absolute atomic E-state index is 14.7. The van der Waals surface area contributed by atoms with Gasteiger partial charge in [0.1, 0.15) is 11.0 Å². The topological polar surface area (TPSA) is 137 Å². The zero-order chi connectivity index (χ0) is 49.5. The molecule has 1 aliphatic heterocycles. The highest BCUT2D eigenvalue weighted by atomic mass is 32.1. The van der Waals surface area contributed by atoms with Crippen molar-refractivity contribution in [3.05, 3.63) is 82.3 Å². The number of benzene rings is 2. The summed E-state index contributed by atoms with van der Waals surface area (Å²) >= 11 is 1.51. The number of amides is 4. The van der Waals surface area contributed by atoms with Crippen molar-refractivity contribution in [3.8, 4) is 0 Å². The molecule has 2 N–H and O–H groups in total. The van der Waals surface area contributed by atoms with E-state index < -0.39 is 36.3 Å². The van der Waals surface area contributed by atoms with Crippen LogP contribution < -0.4 is 15.5 Å². The van der Waals surface area contributed by atoms with E-state index in [1.54, 1.807) is 32.4 Å². The number of hydrogen-bond donors (Lipinski definition) is 2. The van der Waals surface area contributed by atoms with Gasteiger partial charge in [0.25, 0.3) is 0 Å². The van der Waals surface area contributed by atoms with Gasteiger partial charge in [-0.2, -0.15) is 0 Å². The fraction of sp³-hybridized carbons (Fsp3) is 0.642. The predicted octanol–water partition coefficient (Wildman–Crippen LogP) is 7.65. The molecule has 1 fully saturated rings. The number of methoxy groups -OCH3 is 2. The lowest BCUT2D eigenvalue weighted by Gasteiger charge is -2.41. The molecule has 0 bridgehead atoms. The minimum absolute atomic E-state index is 0.00553. The van der Waals surface area contributed by atoms with Crippen molar-refractivity contribution in [1.82, 2.24) is 30.3 Å². The first-order valence-corrected chi connectivity index (χ1v) is 25.4. The predicted molar refractivity (Wildman–Crippen MR) is 271 cm³/mol. The van der Waals surface area contributed by atoms with E-state index in [1.165, 1.54) is 22.6 Å². The Kier molecular flexibility index (Phi) is 21.8. The lowest BCUT2D eigenvalue weighted by atomic mass is 9.89. The molecule has 1 aromatic heterocycles. The van der Waals surface area contributed by atoms with Gasteiger partial charge in [-0.1, -0.05) is 97.4 Å². The van der Waals surface area contributed by atoms with E-state index in [4.69, 9.17) is 9.47 Å². The Bertz CT molecular complexity index is 1960. The summed E-state index contributed by atoms with van der Waals surface area (Å²) in [6, 6.07) is 16.7. The van der Waals surface area contributed by atoms with Crippen molar-refractivity contribution < 1.29 is 28.7 Å². The summed E-state index contributed by atoms with van der Waals surface area (Å²) in [6.45, 7) is 19.5. The SMILES string of the molecule is CC[C@H](C)[C@@H]([C@@H](CC(=O)N1CCC[C@H]1[C@H](OC)[C@@H](C)C(=O)N[C@@H](Cc1ccccc1)c1nccs1)OC)N(C)C(=O)[C@@H](NC(=O)[C@H](C(C)C)N(C)CCc1ccc(N(C)C(C)C)cc1)C(C)C. The molecule has 0 spiro atoms. The van der Waals surface area contributed by atoms with Crippen LogP contribution in [0.4, 0.5) is 5.69 Å². The molecule has 4 amide bonds. The van der Waals surface area contributed by atoms with Gasteiger partial charge in [-0.05, 0) is 87.6 Å². The number of nitrogens with one attached hydrogen (secondary N) is 2. The van der Waals surface area contributed by atoms with Crippen molar-refractivity contribution in [1.29, 1.82) is 0 Å². The van der Waals surface area contributed by atoms with Gasteiger partial charge < -0.3 is 34.8 Å². The van der Waals surface area contributed by atoms with Crippen LogP contribution in [0.3, 0.4) is 0 Å². The molecule has 9 atom stereocenters. The van der Waals surface area contributed by atoms with Gasteiger partial charge in [-0.25, -0.2) is 4.98 Å². The highest BCUT2D eigenvalue weighted by Gasteiger charge is 2.43. The summed E-state index contributed by atoms with van der Waals surface area (Å²) in [4.78, 5) is 69.9. The second-order valence-corrected chi connectivity index (χ2v) is 20.7. The second-order valence-electron chi connectivity index (χ2n) is 19.7. The average molecular weight is 946 g/mol. The van der Waals surface area contributed by atoms with Gasteiger partial charge in [0.2, 0.25) is 23.6 Å². The molecule has 1 saturated heterocycles. The highest BCUT2D eigenvalue weighted by molar-refractivity contribution is 7.09. The molecule has 1 aliphatic rings. The lowest BCUT2D eigenvalue weighted by Crippen LogP contribution is -2.60. The van der Waals surface area contributed by atoms with E-state index in [-0.39, 0.29) is 59.9 Å². The number of likely N-dealkylation sites (tertiary alicyclic amines) is 1. The Morgan fingerprint density at radius 2 is 1.52 bits per heavy atom. The minimum Gasteiger partial charge on any atom is -0.379 e. The molecular formula is C53H83N7O6S. The van der Waals surface area contributed by atoms with Gasteiger partial charge in [-0.3, -0.25) is 24.1 Å². The van der Waals surface area contributed by atoms with Crippen LogP contribution in [0, 0.1) is 23.7 Å². The monoisotopic (exact) mass is 946 g/mol. The van der Waals surface area contributed by atoms with Gasteiger partial charge in [0, 0.05) is 64.7 Å². The second kappa shape index (κ2) is 26.4. The van der Waals surface area contributed by atoms with E-state index in [0.717, 1.165) is 29.8 Å². The van der Waals surface area contributed by atoms with Crippen LogP contribution in [0.5, 0.6) is 0 Å². The third-order valence-electron chi connectivity index (χ3n) is 14.1. The number of nitrogens with zero attached hydrogens (tertiary/aromatic N) is 5. The maximum Gasteiger partial charge on any atom is 0.245 e. The number of rotatable bonds is 26. The standard InChI is InChI=1S/C53H83N7O6S/c1-15-37(8)48(59(12)53(64)46(34(2)3)56-51(63)47(35(4)5)57(10)30-27-39-23-25-41(26-24-39)58(11)36(6)7)44(65-13)33-45(61)60-29-19-22-43(60)49(66-14)38(9)50(62)55-42(52-54-28-31-67-52)32-40-20-17-16-18-21-40/h16-18,20-21,23-26,28,31,34-38,42-44,46-49H,15,19,22,27,29-30,32-33H2,1-14H3,(H,55,62)(H,56,63)/t37-,38+,42-,43-,44+,46-,47-,48-,49+/m0/s1. The average Bonchev–Trinajstić information content (AvgIpc) is 4.03. The van der Waals surface area contributed by atoms with E-state index >= 15 is 0 Å². The maximum atomic E-state index is 14.7. The Morgan fingerprint density at radius 3 is 2.07 bits per heavy atom. The van der Waals surface area contributed by atoms with Gasteiger partial charge in [0.05, 0.1) is 48.7 Å². The van der Waals surface area contributed by atoms with Crippen LogP contribution in [0.1, 0.15) is 110 Å². The van der Waals surface area contributed by atoms with E-state index in [9.17, 15) is 19.2 Å². The zero-order valence-electron chi connectivity index (χ0n) is 43.0. The normalized spacial score (nSPS) is 17.8. The molecule has 3 aromatic rings. The van der Waals surface area contributed by atoms with Crippen LogP contribution >= 0.6 is 11.3 Å². The van der Waals surface area contributed by atoms with Crippen LogP contribution in [-0.2, 0) is 41.5 Å². The molecule has 0 aliphatic carbocycles. The molecule has 2 heterocycles. The highest BCUT2D eigenvalue weighted by Crippen LogP contribution is 2.31. The van der Waals surface area contributed by atoms with Crippen molar-refractivity contribution in [2.45, 2.75) is 149 Å². The molecular weight excluding hydrogens is 863 g/mol. The Hall–Kier alpha value is -4.37. The smallest absolute Gasteiger partial charge is 0.245 e. The first-order chi connectivity index (χ1) is 31.8. The third kappa shape index (κ3) is 14.8. The van der Waals surface area contributed by atoms with Gasteiger partial charge >= 0.3 is 0 Å². The number of carbonyl (C=O) groups is 4. The minimum atomic E-state index is -0.793. The third-order valence-corrected chi connectivity index (χ3v) is 15.0. The number of aromatic nitrogens is 1. The number of hydrogen-bond acceptors (Lipinski definition) is 10. The summed E-state index contributed by atoms with van der Waals surface area (Å²) in [5, 5.41) is 9.16. The van der Waals surface area contributed by atoms with Crippen molar-refractivity contribution in [3.63, 3.8) is 0 Å². The summed E-state index contributed by atoms with van der Waals surface area (Å²) in [5.41, 5.74) is 3.45. The summed E-state index contributed by atoms with van der Waals surface area (Å²) < 4.78 is 12.2. The number of likely N-dealkylation sites (N-methyl/N-ethyl adjacent to an activating group) is 2. The van der Waals surface area contributed by atoms with Crippen LogP contribution in [0.15, 0.2) is 66.2 Å². The van der Waals surface area contributed by atoms with E-state index in [2.05, 4.69) is 84.4 Å². The first-order valence-electron chi connectivity index (χ1n) is 24.5. The molecule has 14 heteroatoms. The fourth-order valence-electron chi connectivity index (χ4n) is 9.69. The number of ether oxygens (including phenoxy) is 2. The van der Waals surface area contributed by atoms with E-state index in [1.807, 2.05) is 82.3 Å². The Labute approximate surface area is 406 Å². The molecule has 4 rings (SSSR count). The summed E-state index contributed by atoms with van der Waals surface area (Å²) in [6.07, 6.45) is 4.19. The van der Waals surface area contributed by atoms with Crippen LogP contribution in [0.2, 0.25) is 0 Å². The van der Waals surface area contributed by atoms with Gasteiger partial charge in [-0.15, -0.1) is 11.3 Å². The number of carbonyl (C=O) groups excluding carboxylic acids is 4. The van der Waals surface area contributed by atoms with Crippen molar-refractivity contribution >= 4 is 40.7 Å². The molecule has 13 nitrogen and oxygen atoms in total. The molecule has 2 aromatic carbocycles. The summed E-state index contributed by atoms with van der Waals surface area (Å²) in [7, 11) is 9.04. The Balaban J connectivity index is 1.45. The summed E-state index contributed by atoms with van der Waals surface area (Å²) in [5.74, 6) is -1.49. The van der Waals surface area contributed by atoms with Crippen LogP contribution in [-0.4, -0.2) is 134 Å². The largest absolute Gasteiger partial charge is 0.379 e. The molecule has 0 saturated carbocycles.